The van der Waals surface area contributed by atoms with Crippen LogP contribution >= 0.6 is 0 Å². The first kappa shape index (κ1) is 19.3. The van der Waals surface area contributed by atoms with Gasteiger partial charge in [0.15, 0.2) is 5.82 Å². The summed E-state index contributed by atoms with van der Waals surface area (Å²) in [5.74, 6) is -1.94. The van der Waals surface area contributed by atoms with E-state index in [0.29, 0.717) is 10.1 Å². The number of carbonyl (C=O) groups excluding carboxylic acids is 1. The van der Waals surface area contributed by atoms with Crippen LogP contribution < -0.4 is 9.99 Å². The number of hydrogen-bond donors (Lipinski definition) is 0. The zero-order valence-corrected chi connectivity index (χ0v) is 15.3. The standard InChI is InChI=1S/C15H16FN5O4S/c1-5-26(24,25)21(10(3)22)13-7-14(12(16)6-11(13)8-17)20-15(23)19(4)9(2)18-20/h6-7H,5H2,1-4H3. The second-order valence-corrected chi connectivity index (χ2v) is 7.52. The largest absolute Gasteiger partial charge is 0.350 e. The Hall–Kier alpha value is -3.00. The predicted molar refractivity (Wildman–Crippen MR) is 90.8 cm³/mol. The van der Waals surface area contributed by atoms with Gasteiger partial charge in [-0.1, -0.05) is 0 Å². The van der Waals surface area contributed by atoms with Crippen molar-refractivity contribution in [2.45, 2.75) is 20.8 Å². The van der Waals surface area contributed by atoms with Gasteiger partial charge in [-0.25, -0.2) is 21.9 Å². The lowest BCUT2D eigenvalue weighted by atomic mass is 10.1. The summed E-state index contributed by atoms with van der Waals surface area (Å²) in [5.41, 5.74) is -1.73. The molecule has 1 heterocycles. The molecule has 0 spiro atoms. The first-order chi connectivity index (χ1) is 12.0. The van der Waals surface area contributed by atoms with Gasteiger partial charge in [-0.3, -0.25) is 9.36 Å². The van der Waals surface area contributed by atoms with Crippen molar-refractivity contribution in [3.8, 4) is 11.8 Å². The van der Waals surface area contributed by atoms with Crippen molar-refractivity contribution in [2.24, 2.45) is 7.05 Å². The van der Waals surface area contributed by atoms with Crippen LogP contribution in [0.5, 0.6) is 0 Å². The minimum atomic E-state index is -4.07. The SMILES string of the molecule is CCS(=O)(=O)N(C(C)=O)c1cc(-n2nc(C)n(C)c2=O)c(F)cc1C#N. The number of rotatable bonds is 4. The Bertz CT molecular complexity index is 1090. The smallest absolute Gasteiger partial charge is 0.282 e. The summed E-state index contributed by atoms with van der Waals surface area (Å²) < 4.78 is 41.4. The molecule has 2 rings (SSSR count). The van der Waals surface area contributed by atoms with Crippen molar-refractivity contribution in [2.75, 3.05) is 10.1 Å². The lowest BCUT2D eigenvalue weighted by molar-refractivity contribution is -0.115. The highest BCUT2D eigenvalue weighted by Crippen LogP contribution is 2.28. The lowest BCUT2D eigenvalue weighted by Gasteiger charge is -2.22. The van der Waals surface area contributed by atoms with Gasteiger partial charge in [0.05, 0.1) is 17.0 Å². The number of nitriles is 1. The molecule has 0 atom stereocenters. The summed E-state index contributed by atoms with van der Waals surface area (Å²) in [6.45, 7) is 3.87. The Morgan fingerprint density at radius 3 is 2.46 bits per heavy atom. The molecule has 0 radical (unpaired) electrons. The monoisotopic (exact) mass is 381 g/mol. The van der Waals surface area contributed by atoms with E-state index in [2.05, 4.69) is 5.10 Å². The van der Waals surface area contributed by atoms with Gasteiger partial charge in [0.1, 0.15) is 17.6 Å². The molecule has 0 aliphatic heterocycles. The van der Waals surface area contributed by atoms with Crippen molar-refractivity contribution in [3.63, 3.8) is 0 Å². The molecule has 1 amide bonds. The van der Waals surface area contributed by atoms with E-state index >= 15 is 0 Å². The summed E-state index contributed by atoms with van der Waals surface area (Å²) in [4.78, 5) is 24.1. The van der Waals surface area contributed by atoms with E-state index in [1.54, 1.807) is 6.07 Å². The van der Waals surface area contributed by atoms with Crippen LogP contribution in [0.3, 0.4) is 0 Å². The summed E-state index contributed by atoms with van der Waals surface area (Å²) in [6, 6.07) is 3.39. The number of nitrogens with zero attached hydrogens (tertiary/aromatic N) is 5. The van der Waals surface area contributed by atoms with E-state index in [9.17, 15) is 27.7 Å². The summed E-state index contributed by atoms with van der Waals surface area (Å²) in [6.07, 6.45) is 0. The third kappa shape index (κ3) is 3.11. The van der Waals surface area contributed by atoms with Crippen LogP contribution in [-0.2, 0) is 21.9 Å². The maximum absolute atomic E-state index is 14.5. The zero-order valence-electron chi connectivity index (χ0n) is 14.5. The topological polar surface area (TPSA) is 118 Å². The molecule has 1 aromatic heterocycles. The first-order valence-corrected chi connectivity index (χ1v) is 9.06. The molecule has 0 fully saturated rings. The molecule has 1 aromatic carbocycles. The summed E-state index contributed by atoms with van der Waals surface area (Å²) >= 11 is 0. The molecule has 0 unspecified atom stereocenters. The summed E-state index contributed by atoms with van der Waals surface area (Å²) in [7, 11) is -2.64. The van der Waals surface area contributed by atoms with Crippen molar-refractivity contribution in [1.82, 2.24) is 14.3 Å². The number of aromatic nitrogens is 3. The molecule has 0 saturated heterocycles. The minimum absolute atomic E-state index is 0.296. The molecule has 26 heavy (non-hydrogen) atoms. The molecule has 0 saturated carbocycles. The van der Waals surface area contributed by atoms with Crippen molar-refractivity contribution in [1.29, 1.82) is 5.26 Å². The third-order valence-corrected chi connectivity index (χ3v) is 5.50. The Kier molecular flexibility index (Phi) is 4.99. The first-order valence-electron chi connectivity index (χ1n) is 7.45. The number of aryl methyl sites for hydroxylation is 1. The van der Waals surface area contributed by atoms with E-state index in [4.69, 9.17) is 0 Å². The molecule has 11 heteroatoms. The second kappa shape index (κ2) is 6.72. The molecular weight excluding hydrogens is 365 g/mol. The quantitative estimate of drug-likeness (QED) is 0.765. The maximum Gasteiger partial charge on any atom is 0.350 e. The highest BCUT2D eigenvalue weighted by molar-refractivity contribution is 7.93. The van der Waals surface area contributed by atoms with Crippen LogP contribution in [-0.4, -0.2) is 34.4 Å². The number of amides is 1. The zero-order chi connectivity index (χ0) is 19.8. The average molecular weight is 381 g/mol. The van der Waals surface area contributed by atoms with E-state index in [1.807, 2.05) is 0 Å². The third-order valence-electron chi connectivity index (χ3n) is 3.76. The second-order valence-electron chi connectivity index (χ2n) is 5.42. The molecule has 2 aromatic rings. The van der Waals surface area contributed by atoms with Crippen LogP contribution in [0.4, 0.5) is 10.1 Å². The predicted octanol–water partition coefficient (Wildman–Crippen LogP) is 0.593. The minimum Gasteiger partial charge on any atom is -0.282 e. The van der Waals surface area contributed by atoms with E-state index < -0.39 is 33.2 Å². The van der Waals surface area contributed by atoms with Crippen LogP contribution in [0.1, 0.15) is 25.2 Å². The molecule has 0 aliphatic rings. The van der Waals surface area contributed by atoms with Crippen molar-refractivity contribution >= 4 is 21.6 Å². The molecule has 138 valence electrons. The number of benzene rings is 1. The van der Waals surface area contributed by atoms with Gasteiger partial charge < -0.3 is 0 Å². The van der Waals surface area contributed by atoms with Gasteiger partial charge in [0.2, 0.25) is 15.9 Å². The Balaban J connectivity index is 2.87. The Morgan fingerprint density at radius 1 is 1.42 bits per heavy atom. The maximum atomic E-state index is 14.5. The fraction of sp³-hybridized carbons (Fsp3) is 0.333. The Morgan fingerprint density at radius 2 is 2.04 bits per heavy atom. The van der Waals surface area contributed by atoms with E-state index in [1.165, 1.54) is 25.5 Å². The number of hydrogen-bond acceptors (Lipinski definition) is 6. The fourth-order valence-corrected chi connectivity index (χ4v) is 3.41. The highest BCUT2D eigenvalue weighted by atomic mass is 32.2. The number of anilines is 1. The van der Waals surface area contributed by atoms with Gasteiger partial charge in [-0.15, -0.1) is 0 Å². The number of halogens is 1. The van der Waals surface area contributed by atoms with Crippen LogP contribution in [0, 0.1) is 24.1 Å². The molecule has 0 N–H and O–H groups in total. The van der Waals surface area contributed by atoms with E-state index in [0.717, 1.165) is 23.7 Å². The molecular formula is C15H16FN5O4S. The fourth-order valence-electron chi connectivity index (χ4n) is 2.31. The average Bonchev–Trinajstić information content (AvgIpc) is 2.82. The highest BCUT2D eigenvalue weighted by Gasteiger charge is 2.29. The normalized spacial score (nSPS) is 11.2. The van der Waals surface area contributed by atoms with Crippen molar-refractivity contribution < 1.29 is 17.6 Å². The number of carbonyl (C=O) groups is 1. The summed E-state index contributed by atoms with van der Waals surface area (Å²) in [5, 5.41) is 13.2. The van der Waals surface area contributed by atoms with Crippen LogP contribution in [0.2, 0.25) is 0 Å². The van der Waals surface area contributed by atoms with Crippen LogP contribution in [0.15, 0.2) is 16.9 Å². The molecule has 0 aliphatic carbocycles. The molecule has 0 bridgehead atoms. The van der Waals surface area contributed by atoms with Crippen molar-refractivity contribution in [3.05, 3.63) is 39.8 Å². The van der Waals surface area contributed by atoms with Gasteiger partial charge >= 0.3 is 5.69 Å². The van der Waals surface area contributed by atoms with Gasteiger partial charge in [0, 0.05) is 14.0 Å². The Labute approximate surface area is 148 Å². The van der Waals surface area contributed by atoms with E-state index in [-0.39, 0.29) is 16.9 Å². The van der Waals surface area contributed by atoms with Crippen LogP contribution in [0.25, 0.3) is 5.69 Å². The van der Waals surface area contributed by atoms with Gasteiger partial charge in [0.25, 0.3) is 0 Å². The molecule has 9 nitrogen and oxygen atoms in total. The van der Waals surface area contributed by atoms with Gasteiger partial charge in [-0.2, -0.15) is 15.0 Å². The number of sulfonamides is 1. The van der Waals surface area contributed by atoms with Gasteiger partial charge in [-0.05, 0) is 26.0 Å². The lowest BCUT2D eigenvalue weighted by Crippen LogP contribution is -2.37.